The van der Waals surface area contributed by atoms with Crippen LogP contribution in [-0.4, -0.2) is 55.7 Å². The van der Waals surface area contributed by atoms with Crippen LogP contribution in [0.15, 0.2) is 17.0 Å². The molecule has 2 aliphatic rings. The number of rotatable bonds is 6. The van der Waals surface area contributed by atoms with E-state index in [9.17, 15) is 19.5 Å². The molecule has 32 heavy (non-hydrogen) atoms. The van der Waals surface area contributed by atoms with E-state index in [-0.39, 0.29) is 17.4 Å². The summed E-state index contributed by atoms with van der Waals surface area (Å²) in [6, 6.07) is 3.41. The van der Waals surface area contributed by atoms with Gasteiger partial charge in [-0.05, 0) is 41.7 Å². The molecule has 2 fully saturated rings. The summed E-state index contributed by atoms with van der Waals surface area (Å²) in [6.45, 7) is 7.41. The smallest absolute Gasteiger partial charge is 0.404 e. The van der Waals surface area contributed by atoms with Gasteiger partial charge in [0.2, 0.25) is 0 Å². The van der Waals surface area contributed by atoms with Gasteiger partial charge in [-0.1, -0.05) is 20.8 Å². The number of anilines is 1. The monoisotopic (exact) mass is 463 g/mol. The second-order valence-corrected chi connectivity index (χ2v) is 9.92. The van der Waals surface area contributed by atoms with E-state index in [0.29, 0.717) is 35.1 Å². The fraction of sp³-hybridized carbons (Fsp3) is 0.500. The van der Waals surface area contributed by atoms with E-state index >= 15 is 0 Å². The Hall–Kier alpha value is -2.88. The Morgan fingerprint density at radius 1 is 1.28 bits per heavy atom. The van der Waals surface area contributed by atoms with Gasteiger partial charge in [-0.2, -0.15) is 0 Å². The first-order chi connectivity index (χ1) is 15.0. The SMILES string of the molecule is COc1cc(C=C2SC(=O)NC2=O)c(N2CCC(C(NC(=O)O)C(C)(C)C)C2)cc1OC. The number of carboxylic acid groups (broad SMARTS) is 1. The topological polar surface area (TPSA) is 117 Å². The van der Waals surface area contributed by atoms with Crippen LogP contribution in [0, 0.1) is 11.3 Å². The Morgan fingerprint density at radius 2 is 1.94 bits per heavy atom. The second-order valence-electron chi connectivity index (χ2n) is 8.91. The van der Waals surface area contributed by atoms with Gasteiger partial charge in [0.1, 0.15) is 0 Å². The normalized spacial score (nSPS) is 21.0. The third-order valence-corrected chi connectivity index (χ3v) is 6.52. The first kappa shape index (κ1) is 23.8. The van der Waals surface area contributed by atoms with Crippen LogP contribution in [0.2, 0.25) is 0 Å². The minimum absolute atomic E-state index is 0.102. The maximum atomic E-state index is 12.1. The molecule has 9 nitrogen and oxygen atoms in total. The van der Waals surface area contributed by atoms with Gasteiger partial charge in [-0.15, -0.1) is 0 Å². The lowest BCUT2D eigenvalue weighted by molar-refractivity contribution is -0.115. The first-order valence-corrected chi connectivity index (χ1v) is 11.1. The Balaban J connectivity index is 1.98. The Labute approximate surface area is 191 Å². The van der Waals surface area contributed by atoms with Crippen molar-refractivity contribution < 1.29 is 29.0 Å². The maximum Gasteiger partial charge on any atom is 0.404 e. The van der Waals surface area contributed by atoms with Gasteiger partial charge in [0.25, 0.3) is 11.1 Å². The number of amides is 3. The van der Waals surface area contributed by atoms with Crippen LogP contribution in [-0.2, 0) is 4.79 Å². The van der Waals surface area contributed by atoms with Crippen molar-refractivity contribution in [1.82, 2.24) is 10.6 Å². The average Bonchev–Trinajstić information content (AvgIpc) is 3.31. The molecule has 2 unspecified atom stereocenters. The molecule has 1 aromatic carbocycles. The third kappa shape index (κ3) is 5.12. The van der Waals surface area contributed by atoms with E-state index in [0.717, 1.165) is 23.9 Å². The summed E-state index contributed by atoms with van der Waals surface area (Å²) >= 11 is 0.854. The largest absolute Gasteiger partial charge is 0.493 e. The quantitative estimate of drug-likeness (QED) is 0.549. The molecule has 2 aliphatic heterocycles. The summed E-state index contributed by atoms with van der Waals surface area (Å²) in [5, 5.41) is 13.9. The highest BCUT2D eigenvalue weighted by Crippen LogP contribution is 2.41. The lowest BCUT2D eigenvalue weighted by atomic mass is 9.78. The zero-order valence-corrected chi connectivity index (χ0v) is 19.7. The molecule has 0 radical (unpaired) electrons. The molecule has 2 heterocycles. The molecule has 1 aromatic rings. The predicted octanol–water partition coefficient (Wildman–Crippen LogP) is 3.54. The molecular formula is C22H29N3O6S. The maximum absolute atomic E-state index is 12.1. The van der Waals surface area contributed by atoms with Gasteiger partial charge in [0, 0.05) is 36.4 Å². The van der Waals surface area contributed by atoms with Gasteiger partial charge in [-0.25, -0.2) is 4.79 Å². The molecule has 0 spiro atoms. The van der Waals surface area contributed by atoms with E-state index in [2.05, 4.69) is 15.5 Å². The van der Waals surface area contributed by atoms with Crippen LogP contribution >= 0.6 is 11.8 Å². The molecule has 3 amide bonds. The third-order valence-electron chi connectivity index (χ3n) is 5.71. The van der Waals surface area contributed by atoms with Crippen molar-refractivity contribution in [2.45, 2.75) is 33.2 Å². The molecule has 3 N–H and O–H groups in total. The number of carbonyl (C=O) groups excluding carboxylic acids is 2. The molecule has 3 rings (SSSR count). The fourth-order valence-electron chi connectivity index (χ4n) is 4.29. The number of carbonyl (C=O) groups is 3. The lowest BCUT2D eigenvalue weighted by Crippen LogP contribution is -2.48. The molecule has 0 bridgehead atoms. The van der Waals surface area contributed by atoms with Crippen molar-refractivity contribution in [3.05, 3.63) is 22.6 Å². The fourth-order valence-corrected chi connectivity index (χ4v) is 4.96. The van der Waals surface area contributed by atoms with Gasteiger partial charge in [-0.3, -0.25) is 14.9 Å². The molecule has 2 atom stereocenters. The average molecular weight is 464 g/mol. The second kappa shape index (κ2) is 9.32. The zero-order valence-electron chi connectivity index (χ0n) is 18.9. The number of nitrogens with zero attached hydrogens (tertiary/aromatic N) is 1. The Bertz CT molecular complexity index is 956. The van der Waals surface area contributed by atoms with Gasteiger partial charge >= 0.3 is 6.09 Å². The Morgan fingerprint density at radius 3 is 2.47 bits per heavy atom. The highest BCUT2D eigenvalue weighted by Gasteiger charge is 2.38. The van der Waals surface area contributed by atoms with Crippen molar-refractivity contribution in [3.63, 3.8) is 0 Å². The number of imide groups is 1. The van der Waals surface area contributed by atoms with E-state index in [1.165, 1.54) is 7.11 Å². The number of ether oxygens (including phenoxy) is 2. The molecular weight excluding hydrogens is 434 g/mol. The summed E-state index contributed by atoms with van der Waals surface area (Å²) in [5.74, 6) is 0.723. The zero-order chi connectivity index (χ0) is 23.6. The minimum atomic E-state index is -1.03. The van der Waals surface area contributed by atoms with Crippen molar-refractivity contribution in [2.75, 3.05) is 32.2 Å². The number of thioether (sulfide) groups is 1. The highest BCUT2D eigenvalue weighted by molar-refractivity contribution is 8.18. The number of nitrogens with one attached hydrogen (secondary N) is 2. The van der Waals surface area contributed by atoms with Crippen LogP contribution < -0.4 is 25.0 Å². The van der Waals surface area contributed by atoms with Gasteiger partial charge < -0.3 is 24.8 Å². The number of benzene rings is 1. The van der Waals surface area contributed by atoms with Crippen LogP contribution in [0.4, 0.5) is 15.3 Å². The van der Waals surface area contributed by atoms with Crippen molar-refractivity contribution in [3.8, 4) is 11.5 Å². The lowest BCUT2D eigenvalue weighted by Gasteiger charge is -2.35. The summed E-state index contributed by atoms with van der Waals surface area (Å²) < 4.78 is 10.9. The molecule has 0 aliphatic carbocycles. The van der Waals surface area contributed by atoms with Crippen molar-refractivity contribution in [1.29, 1.82) is 0 Å². The molecule has 10 heteroatoms. The molecule has 0 aromatic heterocycles. The summed E-state index contributed by atoms with van der Waals surface area (Å²) in [7, 11) is 3.09. The summed E-state index contributed by atoms with van der Waals surface area (Å²) in [5.41, 5.74) is 1.29. The van der Waals surface area contributed by atoms with Crippen molar-refractivity contribution >= 4 is 40.8 Å². The van der Waals surface area contributed by atoms with E-state index in [4.69, 9.17) is 9.47 Å². The highest BCUT2D eigenvalue weighted by atomic mass is 32.2. The molecule has 0 saturated carbocycles. The van der Waals surface area contributed by atoms with Crippen LogP contribution in [0.5, 0.6) is 11.5 Å². The molecule has 2 saturated heterocycles. The minimum Gasteiger partial charge on any atom is -0.493 e. The number of methoxy groups -OCH3 is 2. The van der Waals surface area contributed by atoms with E-state index in [1.807, 2.05) is 26.8 Å². The molecule has 174 valence electrons. The van der Waals surface area contributed by atoms with Crippen LogP contribution in [0.3, 0.4) is 0 Å². The summed E-state index contributed by atoms with van der Waals surface area (Å²) in [4.78, 5) is 37.5. The van der Waals surface area contributed by atoms with E-state index < -0.39 is 17.2 Å². The first-order valence-electron chi connectivity index (χ1n) is 10.3. The number of hydrogen-bond donors (Lipinski definition) is 3. The van der Waals surface area contributed by atoms with Gasteiger partial charge in [0.05, 0.1) is 19.1 Å². The standard InChI is InChI=1S/C22H29N3O6S/c1-22(2,3)18(23-20(27)28)12-6-7-25(11-12)14-10-16(31-5)15(30-4)8-13(14)9-17-19(26)24-21(29)32-17/h8-10,12,18,23H,6-7,11H2,1-5H3,(H,27,28)(H,24,26,29). The van der Waals surface area contributed by atoms with Gasteiger partial charge in [0.15, 0.2) is 11.5 Å². The van der Waals surface area contributed by atoms with E-state index in [1.54, 1.807) is 19.3 Å². The van der Waals surface area contributed by atoms with Crippen LogP contribution in [0.1, 0.15) is 32.8 Å². The predicted molar refractivity (Wildman–Crippen MR) is 123 cm³/mol. The Kier molecular flexibility index (Phi) is 6.92. The van der Waals surface area contributed by atoms with Crippen molar-refractivity contribution in [2.24, 2.45) is 11.3 Å². The number of hydrogen-bond acceptors (Lipinski definition) is 7. The van der Waals surface area contributed by atoms with Crippen LogP contribution in [0.25, 0.3) is 6.08 Å². The summed E-state index contributed by atoms with van der Waals surface area (Å²) in [6.07, 6.45) is 1.45.